The maximum atomic E-state index is 9.82. The molecule has 0 radical (unpaired) electrons. The summed E-state index contributed by atoms with van der Waals surface area (Å²) in [5, 5.41) is 10.6. The minimum Gasteiger partial charge on any atom is -0.496 e. The Morgan fingerprint density at radius 3 is 2.53 bits per heavy atom. The van der Waals surface area contributed by atoms with Gasteiger partial charge in [0.1, 0.15) is 5.75 Å². The van der Waals surface area contributed by atoms with Crippen molar-refractivity contribution in [1.82, 2.24) is 0 Å². The van der Waals surface area contributed by atoms with Crippen LogP contribution in [0.25, 0.3) is 0 Å². The van der Waals surface area contributed by atoms with Gasteiger partial charge in [0.05, 0.1) is 13.2 Å². The highest BCUT2D eigenvalue weighted by Crippen LogP contribution is 2.40. The second-order valence-corrected chi connectivity index (χ2v) is 5.38. The van der Waals surface area contributed by atoms with Crippen molar-refractivity contribution in [2.45, 2.75) is 45.6 Å². The SMILES string of the molecule is CCC(CC(O)CN)c1c(C)c(Cl)cc(C)c1OC. The number of aliphatic hydroxyl groups excluding tert-OH is 1. The number of hydrogen-bond donors (Lipinski definition) is 2. The van der Waals surface area contributed by atoms with Crippen LogP contribution in [0.15, 0.2) is 6.07 Å². The summed E-state index contributed by atoms with van der Waals surface area (Å²) >= 11 is 6.28. The number of ether oxygens (including phenoxy) is 1. The molecule has 19 heavy (non-hydrogen) atoms. The van der Waals surface area contributed by atoms with E-state index in [0.717, 1.165) is 33.9 Å². The molecule has 3 N–H and O–H groups in total. The number of halogens is 1. The maximum Gasteiger partial charge on any atom is 0.125 e. The fourth-order valence-corrected chi connectivity index (χ4v) is 2.82. The number of hydrogen-bond acceptors (Lipinski definition) is 3. The molecule has 0 saturated heterocycles. The third-order valence-electron chi connectivity index (χ3n) is 3.64. The minimum atomic E-state index is -0.492. The normalized spacial score (nSPS) is 14.3. The Bertz CT molecular complexity index is 435. The molecule has 2 atom stereocenters. The molecule has 0 bridgehead atoms. The van der Waals surface area contributed by atoms with E-state index in [9.17, 15) is 5.11 Å². The summed E-state index contributed by atoms with van der Waals surface area (Å²) in [7, 11) is 1.67. The minimum absolute atomic E-state index is 0.200. The first-order chi connectivity index (χ1) is 8.96. The van der Waals surface area contributed by atoms with Gasteiger partial charge >= 0.3 is 0 Å². The second-order valence-electron chi connectivity index (χ2n) is 4.98. The first-order valence-corrected chi connectivity index (χ1v) is 7.05. The predicted octanol–water partition coefficient (Wildman–Crippen LogP) is 3.17. The van der Waals surface area contributed by atoms with Crippen molar-refractivity contribution in [3.8, 4) is 5.75 Å². The fourth-order valence-electron chi connectivity index (χ4n) is 2.55. The average molecular weight is 286 g/mol. The third-order valence-corrected chi connectivity index (χ3v) is 4.03. The molecule has 0 aliphatic carbocycles. The summed E-state index contributed by atoms with van der Waals surface area (Å²) in [4.78, 5) is 0. The lowest BCUT2D eigenvalue weighted by Gasteiger charge is -2.24. The summed E-state index contributed by atoms with van der Waals surface area (Å²) in [5.41, 5.74) is 8.66. The molecule has 1 aromatic carbocycles. The molecule has 0 fully saturated rings. The average Bonchev–Trinajstić information content (AvgIpc) is 2.39. The number of aryl methyl sites for hydroxylation is 1. The zero-order valence-electron chi connectivity index (χ0n) is 12.2. The highest BCUT2D eigenvalue weighted by Gasteiger charge is 2.22. The quantitative estimate of drug-likeness (QED) is 0.844. The van der Waals surface area contributed by atoms with Crippen LogP contribution in [0.1, 0.15) is 42.4 Å². The van der Waals surface area contributed by atoms with E-state index in [1.54, 1.807) is 7.11 Å². The van der Waals surface area contributed by atoms with Gasteiger partial charge in [0.15, 0.2) is 0 Å². The lowest BCUT2D eigenvalue weighted by molar-refractivity contribution is 0.161. The van der Waals surface area contributed by atoms with Crippen LogP contribution in [0.2, 0.25) is 5.02 Å². The van der Waals surface area contributed by atoms with E-state index in [2.05, 4.69) is 6.92 Å². The zero-order chi connectivity index (χ0) is 14.6. The summed E-state index contributed by atoms with van der Waals surface area (Å²) in [6.07, 6.45) is 1.05. The molecule has 108 valence electrons. The van der Waals surface area contributed by atoms with Gasteiger partial charge in [-0.2, -0.15) is 0 Å². The highest BCUT2D eigenvalue weighted by atomic mass is 35.5. The molecular weight excluding hydrogens is 262 g/mol. The van der Waals surface area contributed by atoms with E-state index in [1.165, 1.54) is 0 Å². The largest absolute Gasteiger partial charge is 0.496 e. The Hall–Kier alpha value is -0.770. The summed E-state index contributed by atoms with van der Waals surface area (Å²) < 4.78 is 5.54. The molecule has 0 aromatic heterocycles. The number of nitrogens with two attached hydrogens (primary N) is 1. The van der Waals surface area contributed by atoms with Gasteiger partial charge in [-0.3, -0.25) is 0 Å². The molecule has 0 amide bonds. The Balaban J connectivity index is 3.28. The molecule has 2 unspecified atom stereocenters. The molecule has 0 heterocycles. The van der Waals surface area contributed by atoms with Crippen molar-refractivity contribution in [2.75, 3.05) is 13.7 Å². The third kappa shape index (κ3) is 3.62. The molecule has 1 rings (SSSR count). The molecule has 0 aliphatic heterocycles. The van der Waals surface area contributed by atoms with Crippen LogP contribution < -0.4 is 10.5 Å². The topological polar surface area (TPSA) is 55.5 Å². The summed E-state index contributed by atoms with van der Waals surface area (Å²) in [6, 6.07) is 1.92. The van der Waals surface area contributed by atoms with E-state index < -0.39 is 6.10 Å². The first kappa shape index (κ1) is 16.3. The number of rotatable bonds is 6. The van der Waals surface area contributed by atoms with E-state index >= 15 is 0 Å². The standard InChI is InChI=1S/C15H24ClNO2/c1-5-11(7-12(18)8-17)14-10(3)13(16)6-9(2)15(14)19-4/h6,11-12,18H,5,7-8,17H2,1-4H3. The van der Waals surface area contributed by atoms with Crippen LogP contribution in [0.3, 0.4) is 0 Å². The van der Waals surface area contributed by atoms with Crippen molar-refractivity contribution in [3.63, 3.8) is 0 Å². The van der Waals surface area contributed by atoms with Crippen LogP contribution in [0, 0.1) is 13.8 Å². The molecule has 0 saturated carbocycles. The van der Waals surface area contributed by atoms with Crippen LogP contribution >= 0.6 is 11.6 Å². The maximum absolute atomic E-state index is 9.82. The van der Waals surface area contributed by atoms with E-state index in [0.29, 0.717) is 6.42 Å². The van der Waals surface area contributed by atoms with Crippen LogP contribution in [-0.4, -0.2) is 24.9 Å². The van der Waals surface area contributed by atoms with Gasteiger partial charge in [-0.15, -0.1) is 0 Å². The lowest BCUT2D eigenvalue weighted by Crippen LogP contribution is -2.22. The van der Waals surface area contributed by atoms with Gasteiger partial charge in [-0.25, -0.2) is 0 Å². The summed E-state index contributed by atoms with van der Waals surface area (Å²) in [6.45, 7) is 6.36. The molecular formula is C15H24ClNO2. The first-order valence-electron chi connectivity index (χ1n) is 6.67. The van der Waals surface area contributed by atoms with Crippen molar-refractivity contribution >= 4 is 11.6 Å². The van der Waals surface area contributed by atoms with Gasteiger partial charge in [0.2, 0.25) is 0 Å². The highest BCUT2D eigenvalue weighted by molar-refractivity contribution is 6.31. The lowest BCUT2D eigenvalue weighted by atomic mass is 9.86. The Morgan fingerprint density at radius 2 is 2.05 bits per heavy atom. The van der Waals surface area contributed by atoms with Gasteiger partial charge in [0, 0.05) is 17.1 Å². The van der Waals surface area contributed by atoms with Crippen molar-refractivity contribution < 1.29 is 9.84 Å². The molecule has 4 heteroatoms. The van der Waals surface area contributed by atoms with E-state index in [4.69, 9.17) is 22.1 Å². The van der Waals surface area contributed by atoms with Crippen LogP contribution in [0.4, 0.5) is 0 Å². The van der Waals surface area contributed by atoms with Gasteiger partial charge in [-0.05, 0) is 49.8 Å². The second kappa shape index (κ2) is 7.13. The van der Waals surface area contributed by atoms with E-state index in [-0.39, 0.29) is 12.5 Å². The number of methoxy groups -OCH3 is 1. The van der Waals surface area contributed by atoms with Crippen molar-refractivity contribution in [1.29, 1.82) is 0 Å². The van der Waals surface area contributed by atoms with E-state index in [1.807, 2.05) is 19.9 Å². The van der Waals surface area contributed by atoms with Gasteiger partial charge in [-0.1, -0.05) is 18.5 Å². The van der Waals surface area contributed by atoms with Gasteiger partial charge in [0.25, 0.3) is 0 Å². The Kier molecular flexibility index (Phi) is 6.11. The molecule has 0 aliphatic rings. The summed E-state index contributed by atoms with van der Waals surface area (Å²) in [5.74, 6) is 1.07. The number of aliphatic hydroxyl groups is 1. The van der Waals surface area contributed by atoms with Gasteiger partial charge < -0.3 is 15.6 Å². The van der Waals surface area contributed by atoms with Crippen LogP contribution in [0.5, 0.6) is 5.75 Å². The predicted molar refractivity (Wildman–Crippen MR) is 80.2 cm³/mol. The Morgan fingerprint density at radius 1 is 1.42 bits per heavy atom. The number of benzene rings is 1. The molecule has 1 aromatic rings. The Labute approximate surface area is 120 Å². The van der Waals surface area contributed by atoms with Crippen molar-refractivity contribution in [3.05, 3.63) is 27.8 Å². The monoisotopic (exact) mass is 285 g/mol. The van der Waals surface area contributed by atoms with Crippen LogP contribution in [-0.2, 0) is 0 Å². The fraction of sp³-hybridized carbons (Fsp3) is 0.600. The molecule has 0 spiro atoms. The zero-order valence-corrected chi connectivity index (χ0v) is 12.9. The van der Waals surface area contributed by atoms with Crippen molar-refractivity contribution in [2.24, 2.45) is 5.73 Å². The smallest absolute Gasteiger partial charge is 0.125 e. The molecule has 3 nitrogen and oxygen atoms in total.